The van der Waals surface area contributed by atoms with Gasteiger partial charge in [0.1, 0.15) is 0 Å². The number of aliphatic hydroxyl groups is 1. The molecule has 2 amide bonds. The minimum atomic E-state index is -0.223. The number of carbonyl (C=O) groups is 1. The summed E-state index contributed by atoms with van der Waals surface area (Å²) >= 11 is 0. The monoisotopic (exact) mass is 316 g/mol. The molecule has 6 nitrogen and oxygen atoms in total. The first-order valence-electron chi connectivity index (χ1n) is 7.76. The quantitative estimate of drug-likeness (QED) is 0.687. The van der Waals surface area contributed by atoms with Crippen molar-refractivity contribution < 1.29 is 9.90 Å². The van der Waals surface area contributed by atoms with Crippen LogP contribution in [-0.4, -0.2) is 34.1 Å². The van der Waals surface area contributed by atoms with Crippen LogP contribution in [0.1, 0.15) is 26.7 Å². The molecule has 0 radical (unpaired) electrons. The molecule has 0 aliphatic heterocycles. The van der Waals surface area contributed by atoms with Crippen LogP contribution in [-0.2, 0) is 0 Å². The van der Waals surface area contributed by atoms with E-state index in [1.54, 1.807) is 10.9 Å². The topological polar surface area (TPSA) is 79.2 Å². The number of hydrogen-bond acceptors (Lipinski definition) is 3. The predicted octanol–water partition coefficient (Wildman–Crippen LogP) is 2.79. The second kappa shape index (κ2) is 7.78. The fourth-order valence-corrected chi connectivity index (χ4v) is 2.14. The summed E-state index contributed by atoms with van der Waals surface area (Å²) in [5, 5.41) is 19.0. The van der Waals surface area contributed by atoms with Gasteiger partial charge in [-0.25, -0.2) is 9.48 Å². The van der Waals surface area contributed by atoms with Gasteiger partial charge in [-0.3, -0.25) is 0 Å². The zero-order valence-electron chi connectivity index (χ0n) is 13.6. The summed E-state index contributed by atoms with van der Waals surface area (Å²) in [4.78, 5) is 11.8. The van der Waals surface area contributed by atoms with Crippen LogP contribution < -0.4 is 10.6 Å². The van der Waals surface area contributed by atoms with Gasteiger partial charge in [0.2, 0.25) is 0 Å². The molecule has 1 aromatic carbocycles. The van der Waals surface area contributed by atoms with Crippen molar-refractivity contribution in [2.75, 3.05) is 18.5 Å². The van der Waals surface area contributed by atoms with Crippen LogP contribution >= 0.6 is 0 Å². The molecule has 2 aromatic rings. The highest BCUT2D eigenvalue weighted by atomic mass is 16.3. The lowest BCUT2D eigenvalue weighted by Crippen LogP contribution is -2.30. The number of amides is 2. The Labute approximate surface area is 136 Å². The van der Waals surface area contributed by atoms with Gasteiger partial charge < -0.3 is 15.7 Å². The molecule has 124 valence electrons. The smallest absolute Gasteiger partial charge is 0.319 e. The highest BCUT2D eigenvalue weighted by Gasteiger charge is 2.15. The minimum Gasteiger partial charge on any atom is -0.396 e. The number of aromatic nitrogens is 2. The third kappa shape index (κ3) is 5.41. The lowest BCUT2D eigenvalue weighted by Gasteiger charge is -2.21. The number of hydrogen-bond donors (Lipinski definition) is 3. The number of anilines is 1. The lowest BCUT2D eigenvalue weighted by molar-refractivity contribution is 0.148. The van der Waals surface area contributed by atoms with Crippen molar-refractivity contribution >= 4 is 11.7 Å². The van der Waals surface area contributed by atoms with Gasteiger partial charge in [0.15, 0.2) is 0 Å². The Morgan fingerprint density at radius 2 is 2.04 bits per heavy atom. The van der Waals surface area contributed by atoms with Crippen molar-refractivity contribution in [3.8, 4) is 5.69 Å². The normalized spacial score (nSPS) is 11.3. The maximum atomic E-state index is 11.8. The van der Waals surface area contributed by atoms with Gasteiger partial charge in [0.05, 0.1) is 5.69 Å². The summed E-state index contributed by atoms with van der Waals surface area (Å²) in [6.07, 6.45) is 5.28. The third-order valence-electron chi connectivity index (χ3n) is 3.64. The van der Waals surface area contributed by atoms with Gasteiger partial charge in [0, 0.05) is 31.2 Å². The van der Waals surface area contributed by atoms with E-state index in [0.717, 1.165) is 24.2 Å². The zero-order chi connectivity index (χ0) is 16.7. The molecule has 0 saturated carbocycles. The highest BCUT2D eigenvalue weighted by Crippen LogP contribution is 2.20. The van der Waals surface area contributed by atoms with Gasteiger partial charge in [-0.05, 0) is 48.6 Å². The van der Waals surface area contributed by atoms with E-state index in [-0.39, 0.29) is 18.1 Å². The molecular formula is C17H24N4O2. The van der Waals surface area contributed by atoms with Gasteiger partial charge in [-0.1, -0.05) is 13.8 Å². The number of benzene rings is 1. The van der Waals surface area contributed by atoms with Gasteiger partial charge >= 0.3 is 6.03 Å². The Morgan fingerprint density at radius 3 is 2.65 bits per heavy atom. The molecule has 0 spiro atoms. The van der Waals surface area contributed by atoms with Crippen molar-refractivity contribution in [1.82, 2.24) is 15.1 Å². The number of urea groups is 1. The second-order valence-electron chi connectivity index (χ2n) is 6.30. The van der Waals surface area contributed by atoms with Crippen LogP contribution in [0, 0.1) is 5.41 Å². The van der Waals surface area contributed by atoms with Gasteiger partial charge in [0.25, 0.3) is 0 Å². The van der Waals surface area contributed by atoms with E-state index in [4.69, 9.17) is 0 Å². The first kappa shape index (κ1) is 17.0. The highest BCUT2D eigenvalue weighted by molar-refractivity contribution is 5.89. The van der Waals surface area contributed by atoms with Crippen LogP contribution in [0.2, 0.25) is 0 Å². The van der Waals surface area contributed by atoms with E-state index in [9.17, 15) is 9.90 Å². The summed E-state index contributed by atoms with van der Waals surface area (Å²) in [5.41, 5.74) is 1.57. The van der Waals surface area contributed by atoms with Crippen molar-refractivity contribution in [2.24, 2.45) is 5.41 Å². The minimum absolute atomic E-state index is 0.0967. The summed E-state index contributed by atoms with van der Waals surface area (Å²) in [6.45, 7) is 4.75. The molecule has 1 aromatic heterocycles. The number of aliphatic hydroxyl groups excluding tert-OH is 1. The fourth-order valence-electron chi connectivity index (χ4n) is 2.14. The maximum absolute atomic E-state index is 11.8. The first-order chi connectivity index (χ1) is 11.0. The lowest BCUT2D eigenvalue weighted by atomic mass is 9.89. The summed E-state index contributed by atoms with van der Waals surface area (Å²) in [6, 6.07) is 9.10. The number of nitrogens with one attached hydrogen (secondary N) is 2. The van der Waals surface area contributed by atoms with Crippen molar-refractivity contribution in [1.29, 1.82) is 0 Å². The SMILES string of the molecule is CC(C)(CO)CCCNC(=O)Nc1ccc(-n2cccn2)cc1. The molecule has 1 heterocycles. The molecule has 6 heteroatoms. The van der Waals surface area contributed by atoms with Crippen molar-refractivity contribution in [3.05, 3.63) is 42.7 Å². The molecular weight excluding hydrogens is 292 g/mol. The van der Waals surface area contributed by atoms with E-state index in [1.165, 1.54) is 0 Å². The molecule has 2 rings (SSSR count). The van der Waals surface area contributed by atoms with E-state index in [1.807, 2.05) is 50.4 Å². The molecule has 0 atom stereocenters. The molecule has 23 heavy (non-hydrogen) atoms. The van der Waals surface area contributed by atoms with Crippen LogP contribution in [0.3, 0.4) is 0 Å². The van der Waals surface area contributed by atoms with Gasteiger partial charge in [-0.2, -0.15) is 5.10 Å². The van der Waals surface area contributed by atoms with Crippen molar-refractivity contribution in [3.63, 3.8) is 0 Å². The predicted molar refractivity (Wildman–Crippen MR) is 90.7 cm³/mol. The van der Waals surface area contributed by atoms with E-state index < -0.39 is 0 Å². The Morgan fingerprint density at radius 1 is 1.30 bits per heavy atom. The number of rotatable bonds is 7. The average Bonchev–Trinajstić information content (AvgIpc) is 3.07. The Hall–Kier alpha value is -2.34. The number of nitrogens with zero attached hydrogens (tertiary/aromatic N) is 2. The summed E-state index contributed by atoms with van der Waals surface area (Å²) in [5.74, 6) is 0. The van der Waals surface area contributed by atoms with Crippen LogP contribution in [0.15, 0.2) is 42.7 Å². The van der Waals surface area contributed by atoms with Crippen LogP contribution in [0.4, 0.5) is 10.5 Å². The Bertz CT molecular complexity index is 606. The molecule has 0 fully saturated rings. The Kier molecular flexibility index (Phi) is 5.76. The van der Waals surface area contributed by atoms with E-state index in [0.29, 0.717) is 6.54 Å². The molecule has 0 unspecified atom stereocenters. The summed E-state index contributed by atoms with van der Waals surface area (Å²) < 4.78 is 1.76. The van der Waals surface area contributed by atoms with E-state index >= 15 is 0 Å². The number of carbonyl (C=O) groups excluding carboxylic acids is 1. The van der Waals surface area contributed by atoms with E-state index in [2.05, 4.69) is 15.7 Å². The standard InChI is InChI=1S/C17H24N4O2/c1-17(2,13-22)9-3-10-18-16(23)20-14-5-7-15(8-6-14)21-12-4-11-19-21/h4-8,11-12,22H,3,9-10,13H2,1-2H3,(H2,18,20,23). The average molecular weight is 316 g/mol. The molecule has 0 aliphatic carbocycles. The fraction of sp³-hybridized carbons (Fsp3) is 0.412. The molecule has 0 aliphatic rings. The third-order valence-corrected chi connectivity index (χ3v) is 3.64. The molecule has 0 saturated heterocycles. The zero-order valence-corrected chi connectivity index (χ0v) is 13.6. The molecule has 3 N–H and O–H groups in total. The van der Waals surface area contributed by atoms with Gasteiger partial charge in [-0.15, -0.1) is 0 Å². The largest absolute Gasteiger partial charge is 0.396 e. The first-order valence-corrected chi connectivity index (χ1v) is 7.76. The Balaban J connectivity index is 1.75. The second-order valence-corrected chi connectivity index (χ2v) is 6.30. The summed E-state index contributed by atoms with van der Waals surface area (Å²) in [7, 11) is 0. The molecule has 0 bridgehead atoms. The van der Waals surface area contributed by atoms with Crippen molar-refractivity contribution in [2.45, 2.75) is 26.7 Å². The van der Waals surface area contributed by atoms with Crippen LogP contribution in [0.5, 0.6) is 0 Å². The van der Waals surface area contributed by atoms with Crippen LogP contribution in [0.25, 0.3) is 5.69 Å². The maximum Gasteiger partial charge on any atom is 0.319 e.